The minimum atomic E-state index is -0.532. The second kappa shape index (κ2) is 8.50. The normalized spacial score (nSPS) is 10.4. The highest BCUT2D eigenvalue weighted by Crippen LogP contribution is 2.27. The van der Waals surface area contributed by atoms with Crippen LogP contribution in [0.15, 0.2) is 78.4 Å². The van der Waals surface area contributed by atoms with Crippen molar-refractivity contribution in [3.63, 3.8) is 0 Å². The monoisotopic (exact) mass is 417 g/mol. The standard InChI is InChI=1S/C21H15N5O3S/c27-20(15-3-1-6-18(11-15)26(28)29)23-16-4-2-5-17(12-16)24-21-25-19(13-30-21)14-7-9-22-10-8-14/h1-13H,(H,23,27)(H,24,25). The number of nitrogens with zero attached hydrogens (tertiary/aromatic N) is 3. The maximum absolute atomic E-state index is 12.4. The molecular weight excluding hydrogens is 402 g/mol. The minimum absolute atomic E-state index is 0.133. The first kappa shape index (κ1) is 19.2. The number of hydrogen-bond donors (Lipinski definition) is 2. The first-order valence-electron chi connectivity index (χ1n) is 8.87. The number of anilines is 3. The SMILES string of the molecule is O=C(Nc1cccc(Nc2nc(-c3ccncc3)cs2)c1)c1cccc([N+](=O)[O-])c1. The van der Waals surface area contributed by atoms with Crippen LogP contribution >= 0.6 is 11.3 Å². The molecule has 9 heteroatoms. The van der Waals surface area contributed by atoms with Crippen molar-refractivity contribution in [2.45, 2.75) is 0 Å². The van der Waals surface area contributed by atoms with Gasteiger partial charge in [0.2, 0.25) is 0 Å². The Bertz CT molecular complexity index is 1210. The first-order chi connectivity index (χ1) is 14.6. The van der Waals surface area contributed by atoms with E-state index in [2.05, 4.69) is 20.6 Å². The molecule has 2 N–H and O–H groups in total. The zero-order valence-corrected chi connectivity index (χ0v) is 16.3. The number of nitro groups is 1. The fourth-order valence-corrected chi connectivity index (χ4v) is 3.49. The second-order valence-corrected chi connectivity index (χ2v) is 7.10. The van der Waals surface area contributed by atoms with Crippen LogP contribution in [0.25, 0.3) is 11.3 Å². The number of pyridine rings is 1. The average Bonchev–Trinajstić information content (AvgIpc) is 3.23. The van der Waals surface area contributed by atoms with Gasteiger partial charge in [-0.05, 0) is 36.4 Å². The smallest absolute Gasteiger partial charge is 0.270 e. The van der Waals surface area contributed by atoms with E-state index in [4.69, 9.17) is 0 Å². The number of carbonyl (C=O) groups is 1. The summed E-state index contributed by atoms with van der Waals surface area (Å²) in [5.41, 5.74) is 3.22. The highest BCUT2D eigenvalue weighted by molar-refractivity contribution is 7.14. The Kier molecular flexibility index (Phi) is 5.44. The lowest BCUT2D eigenvalue weighted by atomic mass is 10.2. The average molecular weight is 417 g/mol. The molecule has 1 amide bonds. The third-order valence-corrected chi connectivity index (χ3v) is 4.93. The molecule has 0 saturated heterocycles. The molecule has 0 spiro atoms. The van der Waals surface area contributed by atoms with Gasteiger partial charge in [-0.25, -0.2) is 4.98 Å². The van der Waals surface area contributed by atoms with Crippen molar-refractivity contribution in [2.24, 2.45) is 0 Å². The molecule has 0 radical (unpaired) electrons. The second-order valence-electron chi connectivity index (χ2n) is 6.24. The molecule has 4 rings (SSSR count). The van der Waals surface area contributed by atoms with Crippen molar-refractivity contribution in [3.05, 3.63) is 94.1 Å². The number of nitro benzene ring substituents is 1. The lowest BCUT2D eigenvalue weighted by Crippen LogP contribution is -2.12. The summed E-state index contributed by atoms with van der Waals surface area (Å²) >= 11 is 1.47. The van der Waals surface area contributed by atoms with Crippen LogP contribution in [0, 0.1) is 10.1 Å². The Morgan fingerprint density at radius 1 is 1.00 bits per heavy atom. The molecule has 4 aromatic rings. The molecule has 0 unspecified atom stereocenters. The summed E-state index contributed by atoms with van der Waals surface area (Å²) < 4.78 is 0. The fraction of sp³-hybridized carbons (Fsp3) is 0. The molecule has 0 aliphatic rings. The zero-order chi connectivity index (χ0) is 20.9. The highest BCUT2D eigenvalue weighted by atomic mass is 32.1. The molecule has 2 aromatic carbocycles. The Balaban J connectivity index is 1.47. The van der Waals surface area contributed by atoms with E-state index in [0.717, 1.165) is 16.9 Å². The zero-order valence-electron chi connectivity index (χ0n) is 15.5. The number of rotatable bonds is 6. The molecule has 8 nitrogen and oxygen atoms in total. The lowest BCUT2D eigenvalue weighted by molar-refractivity contribution is -0.384. The maximum Gasteiger partial charge on any atom is 0.270 e. The van der Waals surface area contributed by atoms with Gasteiger partial charge >= 0.3 is 0 Å². The number of amides is 1. The number of thiazole rings is 1. The van der Waals surface area contributed by atoms with Crippen LogP contribution in [0.2, 0.25) is 0 Å². The van der Waals surface area contributed by atoms with Crippen LogP contribution in [-0.2, 0) is 0 Å². The third kappa shape index (κ3) is 4.47. The summed E-state index contributed by atoms with van der Waals surface area (Å²) in [6, 6.07) is 16.5. The van der Waals surface area contributed by atoms with Gasteiger partial charge in [0.15, 0.2) is 5.13 Å². The van der Waals surface area contributed by atoms with Gasteiger partial charge in [0.25, 0.3) is 11.6 Å². The van der Waals surface area contributed by atoms with Gasteiger partial charge in [-0.3, -0.25) is 19.9 Å². The Labute approximate surface area is 175 Å². The van der Waals surface area contributed by atoms with Crippen molar-refractivity contribution in [1.82, 2.24) is 9.97 Å². The number of non-ortho nitro benzene ring substituents is 1. The molecule has 0 bridgehead atoms. The van der Waals surface area contributed by atoms with E-state index in [1.54, 1.807) is 30.6 Å². The molecule has 148 valence electrons. The van der Waals surface area contributed by atoms with Gasteiger partial charge < -0.3 is 10.6 Å². The molecule has 0 aliphatic heterocycles. The van der Waals surface area contributed by atoms with Crippen LogP contribution < -0.4 is 10.6 Å². The van der Waals surface area contributed by atoms with Gasteiger partial charge in [-0.1, -0.05) is 12.1 Å². The van der Waals surface area contributed by atoms with E-state index < -0.39 is 10.8 Å². The summed E-state index contributed by atoms with van der Waals surface area (Å²) in [5, 5.41) is 19.5. The summed E-state index contributed by atoms with van der Waals surface area (Å²) in [6.07, 6.45) is 3.44. The van der Waals surface area contributed by atoms with Crippen LogP contribution in [-0.4, -0.2) is 20.8 Å². The molecule has 0 fully saturated rings. The number of nitrogens with one attached hydrogen (secondary N) is 2. The van der Waals surface area contributed by atoms with Gasteiger partial charge in [0, 0.05) is 52.4 Å². The van der Waals surface area contributed by atoms with Gasteiger partial charge in [-0.15, -0.1) is 11.3 Å². The minimum Gasteiger partial charge on any atom is -0.331 e. The molecular formula is C21H15N5O3S. The van der Waals surface area contributed by atoms with Crippen molar-refractivity contribution < 1.29 is 9.72 Å². The van der Waals surface area contributed by atoms with Crippen molar-refractivity contribution in [3.8, 4) is 11.3 Å². The molecule has 0 aliphatic carbocycles. The van der Waals surface area contributed by atoms with Crippen molar-refractivity contribution in [2.75, 3.05) is 10.6 Å². The van der Waals surface area contributed by atoms with E-state index in [1.165, 1.54) is 35.6 Å². The van der Waals surface area contributed by atoms with Gasteiger partial charge in [-0.2, -0.15) is 0 Å². The quantitative estimate of drug-likeness (QED) is 0.333. The number of benzene rings is 2. The Hall–Kier alpha value is -4.11. The van der Waals surface area contributed by atoms with E-state index in [-0.39, 0.29) is 11.3 Å². The first-order valence-corrected chi connectivity index (χ1v) is 9.75. The summed E-state index contributed by atoms with van der Waals surface area (Å²) in [5.74, 6) is -0.426. The van der Waals surface area contributed by atoms with E-state index >= 15 is 0 Å². The van der Waals surface area contributed by atoms with Crippen molar-refractivity contribution in [1.29, 1.82) is 0 Å². The van der Waals surface area contributed by atoms with E-state index in [1.807, 2.05) is 23.6 Å². The largest absolute Gasteiger partial charge is 0.331 e. The van der Waals surface area contributed by atoms with Gasteiger partial charge in [0.05, 0.1) is 10.6 Å². The Morgan fingerprint density at radius 2 is 1.77 bits per heavy atom. The maximum atomic E-state index is 12.4. The van der Waals surface area contributed by atoms with Crippen molar-refractivity contribution >= 4 is 39.4 Å². The van der Waals surface area contributed by atoms with Crippen LogP contribution in [0.1, 0.15) is 10.4 Å². The van der Waals surface area contributed by atoms with Crippen LogP contribution in [0.4, 0.5) is 22.2 Å². The fourth-order valence-electron chi connectivity index (χ4n) is 2.75. The predicted octanol–water partition coefficient (Wildman–Crippen LogP) is 5.11. The lowest BCUT2D eigenvalue weighted by Gasteiger charge is -2.08. The molecule has 0 saturated carbocycles. The molecule has 30 heavy (non-hydrogen) atoms. The van der Waals surface area contributed by atoms with E-state index in [9.17, 15) is 14.9 Å². The van der Waals surface area contributed by atoms with Crippen LogP contribution in [0.3, 0.4) is 0 Å². The number of carbonyl (C=O) groups excluding carboxylic acids is 1. The topological polar surface area (TPSA) is 110 Å². The third-order valence-electron chi connectivity index (χ3n) is 4.17. The van der Waals surface area contributed by atoms with Gasteiger partial charge in [0.1, 0.15) is 0 Å². The molecule has 2 heterocycles. The molecule has 2 aromatic heterocycles. The number of hydrogen-bond acceptors (Lipinski definition) is 7. The summed E-state index contributed by atoms with van der Waals surface area (Å²) in [4.78, 5) is 31.4. The van der Waals surface area contributed by atoms with E-state index in [0.29, 0.717) is 10.8 Å². The summed E-state index contributed by atoms with van der Waals surface area (Å²) in [7, 11) is 0. The predicted molar refractivity (Wildman–Crippen MR) is 116 cm³/mol. The summed E-state index contributed by atoms with van der Waals surface area (Å²) in [6.45, 7) is 0. The molecule has 0 atom stereocenters. The highest BCUT2D eigenvalue weighted by Gasteiger charge is 2.12. The Morgan fingerprint density at radius 3 is 2.57 bits per heavy atom. The van der Waals surface area contributed by atoms with Crippen LogP contribution in [0.5, 0.6) is 0 Å². The number of aromatic nitrogens is 2.